The van der Waals surface area contributed by atoms with Gasteiger partial charge in [-0.1, -0.05) is 6.92 Å². The summed E-state index contributed by atoms with van der Waals surface area (Å²) in [5.74, 6) is 0.775. The monoisotopic (exact) mass is 240 g/mol. The fourth-order valence-electron chi connectivity index (χ4n) is 3.14. The molecule has 2 aliphatic rings. The van der Waals surface area contributed by atoms with E-state index in [4.69, 9.17) is 4.74 Å². The van der Waals surface area contributed by atoms with E-state index >= 15 is 0 Å². The molecule has 100 valence electrons. The number of nitrogens with one attached hydrogen (secondary N) is 1. The summed E-state index contributed by atoms with van der Waals surface area (Å²) >= 11 is 0. The van der Waals surface area contributed by atoms with Gasteiger partial charge in [-0.3, -0.25) is 4.90 Å². The Labute approximate surface area is 106 Å². The number of rotatable bonds is 5. The number of hydrogen-bond acceptors (Lipinski definition) is 3. The van der Waals surface area contributed by atoms with Crippen LogP contribution in [0.5, 0.6) is 0 Å². The van der Waals surface area contributed by atoms with Crippen molar-refractivity contribution in [2.75, 3.05) is 39.4 Å². The maximum absolute atomic E-state index is 5.61. The van der Waals surface area contributed by atoms with Gasteiger partial charge in [0.25, 0.3) is 0 Å². The Morgan fingerprint density at radius 2 is 2.24 bits per heavy atom. The van der Waals surface area contributed by atoms with Crippen molar-refractivity contribution in [1.29, 1.82) is 0 Å². The number of nitrogens with zero attached hydrogens (tertiary/aromatic N) is 1. The van der Waals surface area contributed by atoms with Crippen LogP contribution in [0.25, 0.3) is 0 Å². The average Bonchev–Trinajstić information content (AvgIpc) is 2.40. The summed E-state index contributed by atoms with van der Waals surface area (Å²) < 4.78 is 5.61. The third-order valence-corrected chi connectivity index (χ3v) is 4.05. The summed E-state index contributed by atoms with van der Waals surface area (Å²) in [6.45, 7) is 9.16. The van der Waals surface area contributed by atoms with E-state index in [1.54, 1.807) is 0 Å². The lowest BCUT2D eigenvalue weighted by Crippen LogP contribution is -2.48. The second-order valence-corrected chi connectivity index (χ2v) is 5.58. The fourth-order valence-corrected chi connectivity index (χ4v) is 3.14. The third-order valence-electron chi connectivity index (χ3n) is 4.05. The van der Waals surface area contributed by atoms with Crippen LogP contribution in [-0.2, 0) is 4.74 Å². The smallest absolute Gasteiger partial charge is 0.0506 e. The summed E-state index contributed by atoms with van der Waals surface area (Å²) in [5, 5.41) is 3.54. The maximum atomic E-state index is 5.61. The lowest BCUT2D eigenvalue weighted by Gasteiger charge is -2.37. The highest BCUT2D eigenvalue weighted by molar-refractivity contribution is 4.80. The zero-order valence-electron chi connectivity index (χ0n) is 11.3. The van der Waals surface area contributed by atoms with E-state index in [0.29, 0.717) is 0 Å². The molecule has 0 amide bonds. The summed E-state index contributed by atoms with van der Waals surface area (Å²) in [4.78, 5) is 2.71. The molecule has 0 aromatic rings. The molecule has 2 saturated heterocycles. The average molecular weight is 240 g/mol. The van der Waals surface area contributed by atoms with Crippen LogP contribution >= 0.6 is 0 Å². The molecule has 0 bridgehead atoms. The first-order chi connectivity index (χ1) is 8.40. The largest absolute Gasteiger partial charge is 0.381 e. The summed E-state index contributed by atoms with van der Waals surface area (Å²) in [6.07, 6.45) is 6.60. The van der Waals surface area contributed by atoms with Crippen molar-refractivity contribution in [3.05, 3.63) is 0 Å². The van der Waals surface area contributed by atoms with Crippen LogP contribution in [0, 0.1) is 5.92 Å². The Balaban J connectivity index is 1.81. The van der Waals surface area contributed by atoms with Crippen molar-refractivity contribution in [2.45, 2.75) is 45.1 Å². The second kappa shape index (κ2) is 7.34. The highest BCUT2D eigenvalue weighted by atomic mass is 16.5. The Morgan fingerprint density at radius 3 is 2.88 bits per heavy atom. The van der Waals surface area contributed by atoms with Crippen LogP contribution in [0.2, 0.25) is 0 Å². The molecule has 17 heavy (non-hydrogen) atoms. The zero-order chi connectivity index (χ0) is 11.9. The molecule has 3 nitrogen and oxygen atoms in total. The van der Waals surface area contributed by atoms with Crippen molar-refractivity contribution in [3.8, 4) is 0 Å². The van der Waals surface area contributed by atoms with E-state index in [1.165, 1.54) is 58.3 Å². The van der Waals surface area contributed by atoms with Gasteiger partial charge in [0.15, 0.2) is 0 Å². The molecule has 3 heteroatoms. The maximum Gasteiger partial charge on any atom is 0.0506 e. The van der Waals surface area contributed by atoms with E-state index < -0.39 is 0 Å². The first-order valence-corrected chi connectivity index (χ1v) is 7.42. The van der Waals surface area contributed by atoms with Crippen LogP contribution < -0.4 is 5.32 Å². The Kier molecular flexibility index (Phi) is 5.75. The van der Waals surface area contributed by atoms with Gasteiger partial charge in [-0.05, 0) is 51.1 Å². The van der Waals surface area contributed by atoms with Gasteiger partial charge in [0.1, 0.15) is 0 Å². The van der Waals surface area contributed by atoms with Gasteiger partial charge < -0.3 is 10.1 Å². The highest BCUT2D eigenvalue weighted by Gasteiger charge is 2.24. The molecule has 2 atom stereocenters. The summed E-state index contributed by atoms with van der Waals surface area (Å²) in [7, 11) is 0. The van der Waals surface area contributed by atoms with Crippen LogP contribution in [0.15, 0.2) is 0 Å². The molecular formula is C14H28N2O. The minimum absolute atomic E-state index is 0.769. The van der Waals surface area contributed by atoms with Gasteiger partial charge >= 0.3 is 0 Å². The molecule has 0 aromatic heterocycles. The molecule has 0 aromatic carbocycles. The van der Waals surface area contributed by atoms with Gasteiger partial charge in [-0.25, -0.2) is 0 Å². The van der Waals surface area contributed by atoms with E-state index in [1.807, 2.05) is 0 Å². The number of ether oxygens (including phenoxy) is 1. The van der Waals surface area contributed by atoms with E-state index in [0.717, 1.165) is 25.2 Å². The molecule has 2 unspecified atom stereocenters. The van der Waals surface area contributed by atoms with E-state index in [-0.39, 0.29) is 0 Å². The van der Waals surface area contributed by atoms with Crippen molar-refractivity contribution < 1.29 is 4.74 Å². The molecular weight excluding hydrogens is 212 g/mol. The molecule has 1 N–H and O–H groups in total. The van der Waals surface area contributed by atoms with Crippen LogP contribution in [-0.4, -0.2) is 50.3 Å². The molecule has 2 heterocycles. The molecule has 2 fully saturated rings. The van der Waals surface area contributed by atoms with Gasteiger partial charge in [0.2, 0.25) is 0 Å². The number of piperidine rings is 1. The van der Waals surface area contributed by atoms with Crippen molar-refractivity contribution in [3.63, 3.8) is 0 Å². The molecule has 2 aliphatic heterocycles. The van der Waals surface area contributed by atoms with Gasteiger partial charge in [0.05, 0.1) is 6.61 Å². The fraction of sp³-hybridized carbons (Fsp3) is 1.00. The minimum Gasteiger partial charge on any atom is -0.381 e. The molecule has 2 rings (SSSR count). The van der Waals surface area contributed by atoms with Crippen LogP contribution in [0.4, 0.5) is 0 Å². The van der Waals surface area contributed by atoms with Crippen LogP contribution in [0.1, 0.15) is 39.0 Å². The Morgan fingerprint density at radius 1 is 1.29 bits per heavy atom. The van der Waals surface area contributed by atoms with Crippen molar-refractivity contribution in [2.24, 2.45) is 5.92 Å². The van der Waals surface area contributed by atoms with Gasteiger partial charge in [-0.15, -0.1) is 0 Å². The van der Waals surface area contributed by atoms with Crippen LogP contribution in [0.3, 0.4) is 0 Å². The summed E-state index contributed by atoms with van der Waals surface area (Å²) in [5.41, 5.74) is 0. The predicted octanol–water partition coefficient (Wildman–Crippen LogP) is 1.88. The zero-order valence-corrected chi connectivity index (χ0v) is 11.3. The lowest BCUT2D eigenvalue weighted by atomic mass is 9.98. The highest BCUT2D eigenvalue weighted by Crippen LogP contribution is 2.18. The van der Waals surface area contributed by atoms with Gasteiger partial charge in [0, 0.05) is 25.7 Å². The normalized spacial score (nSPS) is 30.7. The minimum atomic E-state index is 0.769. The van der Waals surface area contributed by atoms with Crippen molar-refractivity contribution >= 4 is 0 Å². The quantitative estimate of drug-likeness (QED) is 0.794. The van der Waals surface area contributed by atoms with Gasteiger partial charge in [-0.2, -0.15) is 0 Å². The molecule has 0 saturated carbocycles. The first-order valence-electron chi connectivity index (χ1n) is 7.42. The predicted molar refractivity (Wildman–Crippen MR) is 71.3 cm³/mol. The number of hydrogen-bond donors (Lipinski definition) is 1. The Hall–Kier alpha value is -0.120. The lowest BCUT2D eigenvalue weighted by molar-refractivity contribution is 0.0282. The first kappa shape index (κ1) is 13.3. The molecule has 0 spiro atoms. The second-order valence-electron chi connectivity index (χ2n) is 5.58. The topological polar surface area (TPSA) is 24.5 Å². The van der Waals surface area contributed by atoms with E-state index in [9.17, 15) is 0 Å². The standard InChI is InChI=1S/C14H28N2O/c1-2-8-16(14-6-3-7-15-10-14)11-13-5-4-9-17-12-13/h13-15H,2-12H2,1H3. The summed E-state index contributed by atoms with van der Waals surface area (Å²) in [6, 6.07) is 0.769. The molecule has 0 radical (unpaired) electrons. The third kappa shape index (κ3) is 4.23. The Bertz CT molecular complexity index is 198. The molecule has 0 aliphatic carbocycles. The van der Waals surface area contributed by atoms with E-state index in [2.05, 4.69) is 17.1 Å². The van der Waals surface area contributed by atoms with Crippen molar-refractivity contribution in [1.82, 2.24) is 10.2 Å². The SMILES string of the molecule is CCCN(CC1CCCOC1)C1CCCNC1.